The zero-order valence-electron chi connectivity index (χ0n) is 10.7. The maximum Gasteiger partial charge on any atom is 0.131 e. The van der Waals surface area contributed by atoms with Crippen LogP contribution in [0.15, 0.2) is 28.9 Å². The predicted octanol–water partition coefficient (Wildman–Crippen LogP) is 3.41. The van der Waals surface area contributed by atoms with Crippen molar-refractivity contribution >= 4 is 15.9 Å². The van der Waals surface area contributed by atoms with E-state index >= 15 is 0 Å². The molecule has 19 heavy (non-hydrogen) atoms. The molecule has 0 saturated carbocycles. The Balaban J connectivity index is 2.11. The summed E-state index contributed by atoms with van der Waals surface area (Å²) >= 11 is 3.40. The van der Waals surface area contributed by atoms with Crippen molar-refractivity contribution in [1.29, 1.82) is 0 Å². The smallest absolute Gasteiger partial charge is 0.131 e. The topological polar surface area (TPSA) is 29.9 Å². The first-order valence-corrected chi connectivity index (χ1v) is 7.17. The Kier molecular flexibility index (Phi) is 3.41. The summed E-state index contributed by atoms with van der Waals surface area (Å²) in [5.74, 6) is -0.213. The van der Waals surface area contributed by atoms with Crippen molar-refractivity contribution in [3.63, 3.8) is 0 Å². The summed E-state index contributed by atoms with van der Waals surface area (Å²) in [6.45, 7) is 1.00. The van der Waals surface area contributed by atoms with E-state index in [2.05, 4.69) is 26.3 Å². The highest BCUT2D eigenvalue weighted by Gasteiger charge is 2.24. The van der Waals surface area contributed by atoms with Crippen LogP contribution >= 0.6 is 15.9 Å². The van der Waals surface area contributed by atoms with E-state index in [4.69, 9.17) is 0 Å². The second kappa shape index (κ2) is 5.06. The molecule has 1 saturated heterocycles. The van der Waals surface area contributed by atoms with Crippen LogP contribution in [0.5, 0.6) is 0 Å². The molecule has 3 rings (SSSR count). The number of benzene rings is 1. The Hall–Kier alpha value is -1.20. The molecular formula is C14H15BrFN3. The molecule has 0 spiro atoms. The lowest BCUT2D eigenvalue weighted by molar-refractivity contribution is 0.605. The summed E-state index contributed by atoms with van der Waals surface area (Å²) in [6.07, 6.45) is 4.08. The first-order valence-electron chi connectivity index (χ1n) is 6.37. The molecule has 1 N–H and O–H groups in total. The molecule has 1 aromatic heterocycles. The van der Waals surface area contributed by atoms with Gasteiger partial charge in [-0.3, -0.25) is 4.68 Å². The van der Waals surface area contributed by atoms with E-state index in [0.29, 0.717) is 5.56 Å². The van der Waals surface area contributed by atoms with Crippen molar-refractivity contribution in [2.24, 2.45) is 7.05 Å². The molecular weight excluding hydrogens is 309 g/mol. The average Bonchev–Trinajstić information content (AvgIpc) is 3.00. The van der Waals surface area contributed by atoms with Crippen LogP contribution in [0, 0.1) is 5.82 Å². The number of nitrogens with zero attached hydrogens (tertiary/aromatic N) is 2. The molecule has 3 nitrogen and oxygen atoms in total. The van der Waals surface area contributed by atoms with Gasteiger partial charge in [0.15, 0.2) is 0 Å². The van der Waals surface area contributed by atoms with E-state index in [-0.39, 0.29) is 11.9 Å². The van der Waals surface area contributed by atoms with Crippen molar-refractivity contribution in [1.82, 2.24) is 15.1 Å². The van der Waals surface area contributed by atoms with Crippen LogP contribution in [0.4, 0.5) is 4.39 Å². The third kappa shape index (κ3) is 2.44. The fourth-order valence-electron chi connectivity index (χ4n) is 2.59. The lowest BCUT2D eigenvalue weighted by atomic mass is 10.0. The fraction of sp³-hybridized carbons (Fsp3) is 0.357. The molecule has 0 radical (unpaired) electrons. The second-order valence-electron chi connectivity index (χ2n) is 4.87. The van der Waals surface area contributed by atoms with Gasteiger partial charge in [-0.15, -0.1) is 0 Å². The van der Waals surface area contributed by atoms with Crippen molar-refractivity contribution in [3.8, 4) is 11.1 Å². The van der Waals surface area contributed by atoms with Crippen LogP contribution in [-0.2, 0) is 7.05 Å². The number of hydrogen-bond acceptors (Lipinski definition) is 2. The monoisotopic (exact) mass is 323 g/mol. The Labute approximate surface area is 119 Å². The Morgan fingerprint density at radius 3 is 3.00 bits per heavy atom. The van der Waals surface area contributed by atoms with Gasteiger partial charge in [0, 0.05) is 28.8 Å². The predicted molar refractivity (Wildman–Crippen MR) is 76.3 cm³/mol. The van der Waals surface area contributed by atoms with Gasteiger partial charge in [0.2, 0.25) is 0 Å². The lowest BCUT2D eigenvalue weighted by Crippen LogP contribution is -2.14. The van der Waals surface area contributed by atoms with Crippen LogP contribution in [0.1, 0.15) is 24.6 Å². The first kappa shape index (κ1) is 12.8. The van der Waals surface area contributed by atoms with E-state index in [1.165, 1.54) is 6.07 Å². The number of hydrogen-bond donors (Lipinski definition) is 1. The van der Waals surface area contributed by atoms with Crippen molar-refractivity contribution in [2.45, 2.75) is 18.9 Å². The van der Waals surface area contributed by atoms with Gasteiger partial charge < -0.3 is 5.32 Å². The maximum absolute atomic E-state index is 14.1. The SMILES string of the molecule is Cn1cc(-c2cc(Br)ccc2F)c(C2CCCN2)n1. The van der Waals surface area contributed by atoms with Gasteiger partial charge >= 0.3 is 0 Å². The number of aryl methyl sites for hydroxylation is 1. The van der Waals surface area contributed by atoms with Gasteiger partial charge in [-0.25, -0.2) is 4.39 Å². The molecule has 1 unspecified atom stereocenters. The first-order chi connectivity index (χ1) is 9.15. The summed E-state index contributed by atoms with van der Waals surface area (Å²) in [5.41, 5.74) is 2.42. The van der Waals surface area contributed by atoms with E-state index in [1.54, 1.807) is 10.7 Å². The van der Waals surface area contributed by atoms with Crippen LogP contribution in [0.3, 0.4) is 0 Å². The van der Waals surface area contributed by atoms with Gasteiger partial charge in [0.1, 0.15) is 5.82 Å². The zero-order valence-corrected chi connectivity index (χ0v) is 12.2. The zero-order chi connectivity index (χ0) is 13.4. The van der Waals surface area contributed by atoms with Gasteiger partial charge in [0.25, 0.3) is 0 Å². The van der Waals surface area contributed by atoms with Crippen molar-refractivity contribution in [3.05, 3.63) is 40.4 Å². The van der Waals surface area contributed by atoms with Gasteiger partial charge in [-0.05, 0) is 37.6 Å². The third-order valence-corrected chi connectivity index (χ3v) is 3.96. The summed E-state index contributed by atoms with van der Waals surface area (Å²) in [4.78, 5) is 0. The third-order valence-electron chi connectivity index (χ3n) is 3.47. The van der Waals surface area contributed by atoms with Gasteiger partial charge in [0.05, 0.1) is 11.7 Å². The Bertz CT molecular complexity index is 603. The number of halogens is 2. The van der Waals surface area contributed by atoms with E-state index in [9.17, 15) is 4.39 Å². The van der Waals surface area contributed by atoms with Crippen molar-refractivity contribution in [2.75, 3.05) is 6.54 Å². The van der Waals surface area contributed by atoms with Crippen LogP contribution in [0.25, 0.3) is 11.1 Å². The molecule has 0 aliphatic carbocycles. The molecule has 1 aliphatic heterocycles. The summed E-state index contributed by atoms with van der Waals surface area (Å²) in [7, 11) is 1.87. The minimum Gasteiger partial charge on any atom is -0.309 e. The Morgan fingerprint density at radius 2 is 2.26 bits per heavy atom. The molecule has 100 valence electrons. The molecule has 2 heterocycles. The summed E-state index contributed by atoms with van der Waals surface area (Å²) in [5, 5.41) is 7.93. The standard InChI is InChI=1S/C14H15BrFN3/c1-19-8-11(10-7-9(15)4-5-12(10)16)14(18-19)13-3-2-6-17-13/h4-5,7-8,13,17H,2-3,6H2,1H3. The molecule has 5 heteroatoms. The fourth-order valence-corrected chi connectivity index (χ4v) is 2.95. The Morgan fingerprint density at radius 1 is 1.42 bits per heavy atom. The van der Waals surface area contributed by atoms with Crippen LogP contribution in [-0.4, -0.2) is 16.3 Å². The molecule has 1 fully saturated rings. The van der Waals surface area contributed by atoms with E-state index in [1.807, 2.05) is 19.3 Å². The van der Waals surface area contributed by atoms with E-state index in [0.717, 1.165) is 35.1 Å². The minimum atomic E-state index is -0.213. The highest BCUT2D eigenvalue weighted by Crippen LogP contribution is 2.34. The largest absolute Gasteiger partial charge is 0.309 e. The second-order valence-corrected chi connectivity index (χ2v) is 5.79. The number of rotatable bonds is 2. The summed E-state index contributed by atoms with van der Waals surface area (Å²) < 4.78 is 16.7. The quantitative estimate of drug-likeness (QED) is 0.917. The van der Waals surface area contributed by atoms with Gasteiger partial charge in [-0.1, -0.05) is 15.9 Å². The molecule has 1 aromatic carbocycles. The van der Waals surface area contributed by atoms with Gasteiger partial charge in [-0.2, -0.15) is 5.10 Å². The highest BCUT2D eigenvalue weighted by atomic mass is 79.9. The lowest BCUT2D eigenvalue weighted by Gasteiger charge is -2.10. The number of nitrogens with one attached hydrogen (secondary N) is 1. The van der Waals surface area contributed by atoms with E-state index < -0.39 is 0 Å². The van der Waals surface area contributed by atoms with Crippen LogP contribution in [0.2, 0.25) is 0 Å². The molecule has 1 atom stereocenters. The maximum atomic E-state index is 14.1. The van der Waals surface area contributed by atoms with Crippen LogP contribution < -0.4 is 5.32 Å². The summed E-state index contributed by atoms with van der Waals surface area (Å²) in [6, 6.07) is 5.24. The average molecular weight is 324 g/mol. The normalized spacial score (nSPS) is 19.0. The minimum absolute atomic E-state index is 0.213. The molecule has 0 amide bonds. The molecule has 0 bridgehead atoms. The van der Waals surface area contributed by atoms with Crippen molar-refractivity contribution < 1.29 is 4.39 Å². The number of aromatic nitrogens is 2. The molecule has 2 aromatic rings. The highest BCUT2D eigenvalue weighted by molar-refractivity contribution is 9.10. The molecule has 1 aliphatic rings.